The largest absolute Gasteiger partial charge is 1.00 e. The van der Waals surface area contributed by atoms with Crippen LogP contribution in [0.25, 0.3) is 10.9 Å². The number of pyridine rings is 1. The number of amides is 2. The van der Waals surface area contributed by atoms with Crippen LogP contribution in [0.1, 0.15) is 12.8 Å². The molecule has 1 heterocycles. The number of hydrogen-bond donors (Lipinski definition) is 2. The average molecular weight is 585 g/mol. The number of anilines is 2. The summed E-state index contributed by atoms with van der Waals surface area (Å²) in [4.78, 5) is 40.7. The summed E-state index contributed by atoms with van der Waals surface area (Å²) in [5, 5.41) is 16.4. The second kappa shape index (κ2) is 12.7. The first-order valence-corrected chi connectivity index (χ1v) is 12.3. The molecule has 13 heteroatoms. The van der Waals surface area contributed by atoms with Crippen molar-refractivity contribution in [3.8, 4) is 23.0 Å². The number of aromatic nitrogens is 1. The number of ether oxygens (including phenoxy) is 3. The molecule has 5 rings (SSSR count). The van der Waals surface area contributed by atoms with Gasteiger partial charge in [-0.25, -0.2) is 8.78 Å². The number of hydrogen-bond acceptors (Lipinski definition) is 8. The van der Waals surface area contributed by atoms with E-state index in [0.29, 0.717) is 29.4 Å². The van der Waals surface area contributed by atoms with Crippen molar-refractivity contribution in [1.29, 1.82) is 0 Å². The predicted octanol–water partition coefficient (Wildman–Crippen LogP) is 0.804. The molecule has 0 atom stereocenters. The van der Waals surface area contributed by atoms with Crippen LogP contribution in [0.2, 0.25) is 0 Å². The summed E-state index contributed by atoms with van der Waals surface area (Å²) < 4.78 is 44.5. The predicted molar refractivity (Wildman–Crippen MR) is 141 cm³/mol. The van der Waals surface area contributed by atoms with Gasteiger partial charge in [-0.15, -0.1) is 0 Å². The Balaban J connectivity index is 0.00000405. The first kappa shape index (κ1) is 30.7. The van der Waals surface area contributed by atoms with Crippen LogP contribution in [0.5, 0.6) is 23.0 Å². The van der Waals surface area contributed by atoms with E-state index in [2.05, 4.69) is 15.6 Å². The number of halogens is 2. The fourth-order valence-corrected chi connectivity index (χ4v) is 4.12. The van der Waals surface area contributed by atoms with E-state index in [0.717, 1.165) is 6.07 Å². The van der Waals surface area contributed by atoms with Gasteiger partial charge in [-0.3, -0.25) is 14.6 Å². The molecule has 0 spiro atoms. The van der Waals surface area contributed by atoms with Gasteiger partial charge in [0.1, 0.15) is 23.6 Å². The molecular weight excluding hydrogens is 563 g/mol. The van der Waals surface area contributed by atoms with E-state index < -0.39 is 41.4 Å². The number of fused-ring (bicyclic) bond motifs is 1. The molecule has 4 aromatic rings. The summed E-state index contributed by atoms with van der Waals surface area (Å²) >= 11 is 0. The first-order chi connectivity index (χ1) is 19.7. The van der Waals surface area contributed by atoms with Gasteiger partial charge >= 0.3 is 29.6 Å². The summed E-state index contributed by atoms with van der Waals surface area (Å²) in [7, 11) is 1.37. The van der Waals surface area contributed by atoms with E-state index in [1.807, 2.05) is 0 Å². The molecule has 0 bridgehead atoms. The maximum absolute atomic E-state index is 15.1. The van der Waals surface area contributed by atoms with Gasteiger partial charge in [0, 0.05) is 35.1 Å². The molecule has 1 aliphatic carbocycles. The number of benzene rings is 3. The van der Waals surface area contributed by atoms with Gasteiger partial charge in [-0.1, -0.05) is 0 Å². The molecular formula is C29H22F2N3NaO7. The molecule has 1 aromatic heterocycles. The Kier molecular flexibility index (Phi) is 9.30. The van der Waals surface area contributed by atoms with Crippen molar-refractivity contribution >= 4 is 40.1 Å². The Bertz CT molecular complexity index is 1660. The Hall–Kier alpha value is -4.26. The molecule has 0 radical (unpaired) electrons. The molecule has 0 aliphatic heterocycles. The molecule has 210 valence electrons. The molecule has 2 N–H and O–H groups in total. The average Bonchev–Trinajstić information content (AvgIpc) is 3.77. The van der Waals surface area contributed by atoms with Gasteiger partial charge in [0.05, 0.1) is 18.6 Å². The third-order valence-corrected chi connectivity index (χ3v) is 6.46. The van der Waals surface area contributed by atoms with Crippen LogP contribution < -0.4 is 59.5 Å². The van der Waals surface area contributed by atoms with Crippen LogP contribution in [0.4, 0.5) is 20.2 Å². The van der Waals surface area contributed by atoms with E-state index in [9.17, 15) is 23.9 Å². The van der Waals surface area contributed by atoms with Gasteiger partial charge in [0.25, 0.3) is 0 Å². The number of nitrogens with one attached hydrogen (secondary N) is 2. The maximum atomic E-state index is 15.1. The van der Waals surface area contributed by atoms with E-state index in [1.54, 1.807) is 0 Å². The fraction of sp³-hybridized carbons (Fsp3) is 0.172. The maximum Gasteiger partial charge on any atom is 1.00 e. The van der Waals surface area contributed by atoms with Crippen molar-refractivity contribution in [3.05, 3.63) is 78.5 Å². The summed E-state index contributed by atoms with van der Waals surface area (Å²) in [6, 6.07) is 13.5. The molecule has 1 fully saturated rings. The van der Waals surface area contributed by atoms with Crippen molar-refractivity contribution < 1.29 is 72.0 Å². The number of carbonyl (C=O) groups is 3. The second-order valence-electron chi connectivity index (χ2n) is 9.23. The molecule has 1 saturated carbocycles. The summed E-state index contributed by atoms with van der Waals surface area (Å²) in [6.07, 6.45) is 2.05. The Morgan fingerprint density at radius 2 is 1.55 bits per heavy atom. The first-order valence-electron chi connectivity index (χ1n) is 12.3. The van der Waals surface area contributed by atoms with Gasteiger partial charge in [-0.05, 0) is 61.4 Å². The van der Waals surface area contributed by atoms with Gasteiger partial charge in [0.2, 0.25) is 11.8 Å². The number of methoxy groups -OCH3 is 1. The van der Waals surface area contributed by atoms with Crippen LogP contribution in [0.3, 0.4) is 0 Å². The fourth-order valence-electron chi connectivity index (χ4n) is 4.12. The standard InChI is InChI=1S/C29H23F2N3O7.Na/c1-39-24-13-19-21(14-25(24)40-15-26(35)36)32-11-8-22(19)41-23-7-6-18(12-20(23)31)34-28(38)29(9-10-29)27(37)33-17-4-2-16(30)3-5-17;/h2-8,11-14H,9-10,15H2,1H3,(H,33,37)(H,34,38)(H,35,36);/q;+1/p-1. The zero-order valence-corrected chi connectivity index (χ0v) is 24.5. The number of carbonyl (C=O) groups excluding carboxylic acids is 3. The zero-order chi connectivity index (χ0) is 29.1. The van der Waals surface area contributed by atoms with Gasteiger partial charge < -0.3 is 34.7 Å². The molecule has 10 nitrogen and oxygen atoms in total. The molecule has 3 aromatic carbocycles. The minimum Gasteiger partial charge on any atom is -0.546 e. The van der Waals surface area contributed by atoms with Crippen molar-refractivity contribution in [2.75, 3.05) is 24.4 Å². The molecule has 0 unspecified atom stereocenters. The van der Waals surface area contributed by atoms with Crippen LogP contribution in [-0.2, 0) is 14.4 Å². The van der Waals surface area contributed by atoms with Crippen molar-refractivity contribution in [2.45, 2.75) is 12.8 Å². The molecule has 1 aliphatic rings. The SMILES string of the molecule is COc1cc2c(Oc3ccc(NC(=O)C4(C(=O)Nc5ccc(F)cc5)CC4)cc3F)ccnc2cc1OCC(=O)[O-].[Na+]. The Morgan fingerprint density at radius 1 is 0.881 bits per heavy atom. The number of aliphatic carboxylic acids is 1. The summed E-state index contributed by atoms with van der Waals surface area (Å²) in [5.41, 5.74) is -0.463. The minimum absolute atomic E-state index is 0. The third kappa shape index (κ3) is 6.62. The second-order valence-corrected chi connectivity index (χ2v) is 9.23. The normalized spacial score (nSPS) is 12.9. The zero-order valence-electron chi connectivity index (χ0n) is 22.5. The monoisotopic (exact) mass is 585 g/mol. The van der Waals surface area contributed by atoms with Crippen molar-refractivity contribution in [2.24, 2.45) is 5.41 Å². The van der Waals surface area contributed by atoms with Gasteiger partial charge in [-0.2, -0.15) is 0 Å². The van der Waals surface area contributed by atoms with E-state index >= 15 is 4.39 Å². The molecule has 42 heavy (non-hydrogen) atoms. The smallest absolute Gasteiger partial charge is 0.546 e. The number of carboxylic acid groups (broad SMARTS) is 1. The van der Waals surface area contributed by atoms with Crippen molar-refractivity contribution in [1.82, 2.24) is 4.98 Å². The van der Waals surface area contributed by atoms with E-state index in [4.69, 9.17) is 14.2 Å². The Morgan fingerprint density at radius 3 is 2.17 bits per heavy atom. The quantitative estimate of drug-likeness (QED) is 0.206. The van der Waals surface area contributed by atoms with E-state index in [1.165, 1.54) is 67.9 Å². The van der Waals surface area contributed by atoms with E-state index in [-0.39, 0.29) is 58.2 Å². The van der Waals surface area contributed by atoms with Gasteiger partial charge in [0.15, 0.2) is 23.1 Å². The topological polar surface area (TPSA) is 139 Å². The Labute approximate surface area is 260 Å². The van der Waals surface area contributed by atoms with Crippen LogP contribution >= 0.6 is 0 Å². The van der Waals surface area contributed by atoms with Crippen LogP contribution in [0, 0.1) is 17.0 Å². The summed E-state index contributed by atoms with van der Waals surface area (Å²) in [6.45, 7) is -0.688. The molecule has 0 saturated heterocycles. The minimum atomic E-state index is -1.41. The number of carboxylic acids is 1. The van der Waals surface area contributed by atoms with Crippen LogP contribution in [-0.4, -0.2) is 36.5 Å². The number of rotatable bonds is 10. The number of nitrogens with zero attached hydrogens (tertiary/aromatic N) is 1. The third-order valence-electron chi connectivity index (χ3n) is 6.46. The molecule has 2 amide bonds. The van der Waals surface area contributed by atoms with Crippen LogP contribution in [0.15, 0.2) is 66.9 Å². The van der Waals surface area contributed by atoms with Crippen molar-refractivity contribution in [3.63, 3.8) is 0 Å². The summed E-state index contributed by atoms with van der Waals surface area (Å²) in [5.74, 6) is -3.37.